The van der Waals surface area contributed by atoms with Crippen LogP contribution in [0.15, 0.2) is 54.6 Å². The summed E-state index contributed by atoms with van der Waals surface area (Å²) in [5.74, 6) is -3.78. The molecule has 2 aromatic rings. The van der Waals surface area contributed by atoms with Crippen LogP contribution in [-0.4, -0.2) is 89.7 Å². The molecule has 0 spiro atoms. The van der Waals surface area contributed by atoms with E-state index >= 15 is 0 Å². The third-order valence-electron chi connectivity index (χ3n) is 10.0. The molecule has 1 saturated carbocycles. The summed E-state index contributed by atoms with van der Waals surface area (Å²) in [5, 5.41) is 11.2. The second-order valence-corrected chi connectivity index (χ2v) is 16.1. The first-order valence-corrected chi connectivity index (χ1v) is 19.7. The molecular formula is C41H57ClN6O7. The number of hydrogen-bond acceptors (Lipinski definition) is 8. The van der Waals surface area contributed by atoms with Crippen LogP contribution in [0.25, 0.3) is 0 Å². The fourth-order valence-corrected chi connectivity index (χ4v) is 7.71. The van der Waals surface area contributed by atoms with Gasteiger partial charge in [0.25, 0.3) is 5.91 Å². The Morgan fingerprint density at radius 1 is 0.927 bits per heavy atom. The number of hydrogen-bond donors (Lipinski definition) is 5. The molecular weight excluding hydrogens is 724 g/mol. The first kappa shape index (κ1) is 43.4. The molecule has 0 radical (unpaired) electrons. The number of Topliss-reactive ketones (excluding diaryl/α,β-unsaturated/α-hetero) is 1. The van der Waals surface area contributed by atoms with Gasteiger partial charge in [-0.05, 0) is 75.6 Å². The van der Waals surface area contributed by atoms with E-state index in [4.69, 9.17) is 22.1 Å². The van der Waals surface area contributed by atoms with E-state index in [1.165, 1.54) is 6.07 Å². The maximum absolute atomic E-state index is 14.1. The van der Waals surface area contributed by atoms with Gasteiger partial charge in [0.15, 0.2) is 0 Å². The normalized spacial score (nSPS) is 19.4. The van der Waals surface area contributed by atoms with Crippen LogP contribution in [0.2, 0.25) is 5.02 Å². The van der Waals surface area contributed by atoms with Gasteiger partial charge in [-0.2, -0.15) is 0 Å². The van der Waals surface area contributed by atoms with Crippen molar-refractivity contribution >= 4 is 46.9 Å². The number of nitrogens with zero attached hydrogens (tertiary/aromatic N) is 1. The van der Waals surface area contributed by atoms with Gasteiger partial charge in [0.2, 0.25) is 29.4 Å². The number of halogens is 1. The Morgan fingerprint density at radius 3 is 2.27 bits per heavy atom. The molecule has 1 aliphatic carbocycles. The molecule has 55 heavy (non-hydrogen) atoms. The van der Waals surface area contributed by atoms with Crippen molar-refractivity contribution < 1.29 is 33.5 Å². The fourth-order valence-electron chi connectivity index (χ4n) is 7.51. The Labute approximate surface area is 329 Å². The van der Waals surface area contributed by atoms with E-state index in [2.05, 4.69) is 21.3 Å². The summed E-state index contributed by atoms with van der Waals surface area (Å²) in [6.07, 6.45) is 6.29. The highest BCUT2D eigenvalue weighted by atomic mass is 35.5. The number of nitrogens with one attached hydrogen (secondary N) is 4. The third-order valence-corrected chi connectivity index (χ3v) is 10.2. The molecule has 1 heterocycles. The van der Waals surface area contributed by atoms with E-state index in [-0.39, 0.29) is 36.8 Å². The lowest BCUT2D eigenvalue weighted by molar-refractivity contribution is -0.141. The van der Waals surface area contributed by atoms with Crippen LogP contribution in [0.5, 0.6) is 0 Å². The van der Waals surface area contributed by atoms with Gasteiger partial charge in [0.1, 0.15) is 6.04 Å². The fraction of sp³-hybridized carbons (Fsp3) is 0.561. The SMILES string of the molecule is CCCC(NC(=O)C1CC(OC(C)(C)C)CN1CC(NC(=O)Cc1ccccc1)C1CCCCC1)C(=O)C(=O)NCC(=O)NC(C(N)=O)c1cccc(Cl)c1. The zero-order valence-electron chi connectivity index (χ0n) is 32.4. The highest BCUT2D eigenvalue weighted by Gasteiger charge is 2.42. The van der Waals surface area contributed by atoms with Crippen LogP contribution in [0.4, 0.5) is 0 Å². The van der Waals surface area contributed by atoms with Crippen LogP contribution < -0.4 is 27.0 Å². The number of carbonyl (C=O) groups excluding carboxylic acids is 6. The minimum atomic E-state index is -1.21. The molecule has 6 N–H and O–H groups in total. The lowest BCUT2D eigenvalue weighted by atomic mass is 9.83. The molecule has 14 heteroatoms. The van der Waals surface area contributed by atoms with E-state index in [9.17, 15) is 28.8 Å². The summed E-state index contributed by atoms with van der Waals surface area (Å²) in [6.45, 7) is 7.98. The van der Waals surface area contributed by atoms with E-state index in [1.54, 1.807) is 18.2 Å². The van der Waals surface area contributed by atoms with Crippen molar-refractivity contribution in [2.24, 2.45) is 11.7 Å². The van der Waals surface area contributed by atoms with Gasteiger partial charge in [0.05, 0.1) is 36.8 Å². The van der Waals surface area contributed by atoms with Crippen LogP contribution in [0.1, 0.15) is 96.2 Å². The van der Waals surface area contributed by atoms with Crippen molar-refractivity contribution in [3.05, 3.63) is 70.7 Å². The molecule has 2 fully saturated rings. The monoisotopic (exact) mass is 780 g/mol. The molecule has 1 saturated heterocycles. The highest BCUT2D eigenvalue weighted by molar-refractivity contribution is 6.38. The van der Waals surface area contributed by atoms with Gasteiger partial charge in [-0.15, -0.1) is 0 Å². The van der Waals surface area contributed by atoms with Crippen molar-refractivity contribution in [2.75, 3.05) is 19.6 Å². The van der Waals surface area contributed by atoms with E-state index in [1.807, 2.05) is 62.9 Å². The maximum atomic E-state index is 14.1. The molecule has 2 aliphatic rings. The predicted octanol–water partition coefficient (Wildman–Crippen LogP) is 3.52. The molecule has 5 unspecified atom stereocenters. The molecule has 5 amide bonds. The smallest absolute Gasteiger partial charge is 0.290 e. The van der Waals surface area contributed by atoms with Crippen molar-refractivity contribution in [2.45, 2.75) is 121 Å². The first-order chi connectivity index (χ1) is 26.1. The highest BCUT2D eigenvalue weighted by Crippen LogP contribution is 2.30. The van der Waals surface area contributed by atoms with Crippen molar-refractivity contribution in [3.63, 3.8) is 0 Å². The summed E-state index contributed by atoms with van der Waals surface area (Å²) >= 11 is 6.02. The van der Waals surface area contributed by atoms with Gasteiger partial charge in [-0.3, -0.25) is 33.7 Å². The number of carbonyl (C=O) groups is 6. The molecule has 0 aromatic heterocycles. The standard InChI is InChI=1S/C41H57ClN6O7/c1-5-13-31(37(51)40(54)44-23-35(50)47-36(38(43)52)28-18-12-19-29(42)21-28)46-39(53)33-22-30(55-41(2,3)4)24-48(33)25-32(27-16-10-7-11-17-27)45-34(49)20-26-14-8-6-9-15-26/h6,8-9,12,14-15,18-19,21,27,30-33,36H,5,7,10-11,13,16-17,20,22-25H2,1-4H3,(H2,43,52)(H,44,54)(H,45,49)(H,46,53)(H,47,50). The third kappa shape index (κ3) is 13.7. The zero-order valence-corrected chi connectivity index (χ0v) is 33.2. The molecule has 4 rings (SSSR count). The first-order valence-electron chi connectivity index (χ1n) is 19.3. The Bertz CT molecular complexity index is 1640. The quantitative estimate of drug-likeness (QED) is 0.142. The van der Waals surface area contributed by atoms with Crippen LogP contribution >= 0.6 is 11.6 Å². The van der Waals surface area contributed by atoms with Gasteiger partial charge >= 0.3 is 0 Å². The number of rotatable bonds is 18. The summed E-state index contributed by atoms with van der Waals surface area (Å²) < 4.78 is 6.35. The Balaban J connectivity index is 1.44. The number of likely N-dealkylation sites (tertiary alicyclic amines) is 1. The Kier molecular flexibility index (Phi) is 16.2. The van der Waals surface area contributed by atoms with Crippen LogP contribution in [-0.2, 0) is 39.9 Å². The Morgan fingerprint density at radius 2 is 1.64 bits per heavy atom. The molecule has 2 aromatic carbocycles. The summed E-state index contributed by atoms with van der Waals surface area (Å²) in [7, 11) is 0. The number of ether oxygens (including phenoxy) is 1. The number of nitrogens with two attached hydrogens (primary N) is 1. The van der Waals surface area contributed by atoms with E-state index in [0.717, 1.165) is 37.7 Å². The van der Waals surface area contributed by atoms with Crippen molar-refractivity contribution in [3.8, 4) is 0 Å². The summed E-state index contributed by atoms with van der Waals surface area (Å²) in [5.41, 5.74) is 6.31. The summed E-state index contributed by atoms with van der Waals surface area (Å²) in [6, 6.07) is 12.6. The molecule has 0 bridgehead atoms. The van der Waals surface area contributed by atoms with Crippen LogP contribution in [0.3, 0.4) is 0 Å². The lowest BCUT2D eigenvalue weighted by Gasteiger charge is -2.35. The van der Waals surface area contributed by atoms with E-state index < -0.39 is 59.7 Å². The predicted molar refractivity (Wildman–Crippen MR) is 210 cm³/mol. The average Bonchev–Trinajstić information content (AvgIpc) is 3.53. The lowest BCUT2D eigenvalue weighted by Crippen LogP contribution is -2.55. The molecule has 300 valence electrons. The van der Waals surface area contributed by atoms with Gasteiger partial charge in [-0.1, -0.05) is 86.7 Å². The van der Waals surface area contributed by atoms with Crippen molar-refractivity contribution in [1.29, 1.82) is 0 Å². The average molecular weight is 781 g/mol. The van der Waals surface area contributed by atoms with E-state index in [0.29, 0.717) is 36.5 Å². The van der Waals surface area contributed by atoms with Crippen molar-refractivity contribution in [1.82, 2.24) is 26.2 Å². The molecule has 13 nitrogen and oxygen atoms in total. The Hall–Kier alpha value is -4.33. The second kappa shape index (κ2) is 20.5. The minimum Gasteiger partial charge on any atom is -0.371 e. The summed E-state index contributed by atoms with van der Waals surface area (Å²) in [4.78, 5) is 80.8. The largest absolute Gasteiger partial charge is 0.371 e. The minimum absolute atomic E-state index is 0.0765. The zero-order chi connectivity index (χ0) is 40.1. The number of primary amides is 1. The second-order valence-electron chi connectivity index (χ2n) is 15.6. The number of ketones is 1. The van der Waals surface area contributed by atoms with Gasteiger partial charge < -0.3 is 31.7 Å². The molecule has 1 aliphatic heterocycles. The van der Waals surface area contributed by atoms with Gasteiger partial charge in [-0.25, -0.2) is 0 Å². The topological polar surface area (TPSA) is 189 Å². The number of amides is 5. The van der Waals surface area contributed by atoms with Gasteiger partial charge in [0, 0.05) is 24.2 Å². The maximum Gasteiger partial charge on any atom is 0.290 e. The molecule has 5 atom stereocenters. The van der Waals surface area contributed by atoms with Crippen LogP contribution in [0, 0.1) is 5.92 Å². The number of benzene rings is 2.